The van der Waals surface area contributed by atoms with Crippen LogP contribution in [0.1, 0.15) is 32.8 Å². The molecule has 0 aromatic heterocycles. The van der Waals surface area contributed by atoms with Crippen LogP contribution in [0, 0.1) is 0 Å². The number of benzene rings is 1. The van der Waals surface area contributed by atoms with Gasteiger partial charge < -0.3 is 4.74 Å². The van der Waals surface area contributed by atoms with Crippen LogP contribution in [0.5, 0.6) is 5.75 Å². The van der Waals surface area contributed by atoms with Crippen LogP contribution in [0.25, 0.3) is 6.08 Å². The number of hydrogen-bond acceptors (Lipinski definition) is 1. The number of hydrogen-bond donors (Lipinski definition) is 0. The van der Waals surface area contributed by atoms with Gasteiger partial charge in [-0.15, -0.1) is 0 Å². The maximum atomic E-state index is 5.73. The average molecular weight is 242 g/mol. The maximum absolute atomic E-state index is 5.73. The highest BCUT2D eigenvalue weighted by Crippen LogP contribution is 2.15. The van der Waals surface area contributed by atoms with Gasteiger partial charge in [0.1, 0.15) is 5.75 Å². The van der Waals surface area contributed by atoms with Gasteiger partial charge in [-0.1, -0.05) is 55.5 Å². The lowest BCUT2D eigenvalue weighted by molar-refractivity contribution is 0.217. The van der Waals surface area contributed by atoms with E-state index in [1.54, 1.807) is 0 Å². The molecule has 0 aliphatic heterocycles. The average Bonchev–Trinajstić information content (AvgIpc) is 2.40. The zero-order valence-corrected chi connectivity index (χ0v) is 11.5. The summed E-state index contributed by atoms with van der Waals surface area (Å²) in [5, 5.41) is 0. The van der Waals surface area contributed by atoms with Gasteiger partial charge in [-0.05, 0) is 38.0 Å². The molecule has 96 valence electrons. The van der Waals surface area contributed by atoms with E-state index in [1.807, 2.05) is 37.3 Å². The Bertz CT molecular complexity index is 423. The molecule has 1 atom stereocenters. The molecular formula is C17H22O. The molecule has 0 saturated carbocycles. The van der Waals surface area contributed by atoms with Crippen molar-refractivity contribution in [1.29, 1.82) is 0 Å². The molecule has 0 saturated heterocycles. The van der Waals surface area contributed by atoms with Gasteiger partial charge in [-0.2, -0.15) is 0 Å². The highest BCUT2D eigenvalue weighted by Gasteiger charge is 1.99. The fourth-order valence-corrected chi connectivity index (χ4v) is 1.35. The molecule has 0 fully saturated rings. The van der Waals surface area contributed by atoms with Crippen LogP contribution in [0.4, 0.5) is 0 Å². The minimum absolute atomic E-state index is 0.268. The van der Waals surface area contributed by atoms with Crippen LogP contribution in [0.3, 0.4) is 0 Å². The summed E-state index contributed by atoms with van der Waals surface area (Å²) in [6, 6.07) is 8.14. The lowest BCUT2D eigenvalue weighted by Crippen LogP contribution is -2.09. The number of ether oxygens (including phenoxy) is 1. The highest BCUT2D eigenvalue weighted by molar-refractivity contribution is 5.52. The van der Waals surface area contributed by atoms with Crippen molar-refractivity contribution in [3.63, 3.8) is 0 Å². The Labute approximate surface area is 110 Å². The first-order valence-corrected chi connectivity index (χ1v) is 6.39. The second-order valence-electron chi connectivity index (χ2n) is 4.38. The molecule has 1 unspecified atom stereocenters. The van der Waals surface area contributed by atoms with Gasteiger partial charge in [0.25, 0.3) is 0 Å². The third-order valence-corrected chi connectivity index (χ3v) is 2.76. The van der Waals surface area contributed by atoms with E-state index >= 15 is 0 Å². The molecule has 1 aromatic rings. The molecule has 1 heteroatoms. The highest BCUT2D eigenvalue weighted by atomic mass is 16.5. The van der Waals surface area contributed by atoms with Crippen molar-refractivity contribution in [2.45, 2.75) is 33.3 Å². The third-order valence-electron chi connectivity index (χ3n) is 2.76. The Morgan fingerprint density at radius 3 is 2.56 bits per heavy atom. The van der Waals surface area contributed by atoms with E-state index < -0.39 is 0 Å². The van der Waals surface area contributed by atoms with Crippen LogP contribution < -0.4 is 4.74 Å². The van der Waals surface area contributed by atoms with E-state index in [1.165, 1.54) is 5.56 Å². The molecule has 0 N–H and O–H groups in total. The first-order chi connectivity index (χ1) is 8.65. The molecule has 0 aliphatic carbocycles. The Hall–Kier alpha value is -1.76. The minimum atomic E-state index is 0.268. The molecule has 0 aliphatic rings. The van der Waals surface area contributed by atoms with E-state index in [2.05, 4.69) is 38.6 Å². The van der Waals surface area contributed by atoms with E-state index in [0.29, 0.717) is 0 Å². The van der Waals surface area contributed by atoms with Crippen LogP contribution in [-0.4, -0.2) is 6.10 Å². The summed E-state index contributed by atoms with van der Waals surface area (Å²) in [4.78, 5) is 0. The lowest BCUT2D eigenvalue weighted by Gasteiger charge is -2.12. The van der Waals surface area contributed by atoms with Gasteiger partial charge in [-0.25, -0.2) is 0 Å². The lowest BCUT2D eigenvalue weighted by atomic mass is 10.2. The fraction of sp³-hybridized carbons (Fsp3) is 0.294. The molecule has 0 bridgehead atoms. The zero-order valence-electron chi connectivity index (χ0n) is 11.5. The summed E-state index contributed by atoms with van der Waals surface area (Å²) in [6.45, 7) is 9.94. The van der Waals surface area contributed by atoms with E-state index in [4.69, 9.17) is 4.74 Å². The van der Waals surface area contributed by atoms with Gasteiger partial charge >= 0.3 is 0 Å². The van der Waals surface area contributed by atoms with Crippen LogP contribution in [-0.2, 0) is 0 Å². The Morgan fingerprint density at radius 1 is 1.33 bits per heavy atom. The van der Waals surface area contributed by atoms with Gasteiger partial charge in [0.15, 0.2) is 0 Å². The van der Waals surface area contributed by atoms with Crippen molar-refractivity contribution in [3.8, 4) is 5.75 Å². The zero-order chi connectivity index (χ0) is 13.4. The molecular weight excluding hydrogens is 220 g/mol. The molecule has 1 rings (SSSR count). The summed E-state index contributed by atoms with van der Waals surface area (Å²) in [5.74, 6) is 0.930. The second kappa shape index (κ2) is 7.54. The maximum Gasteiger partial charge on any atom is 0.119 e. The predicted octanol–water partition coefficient (Wildman–Crippen LogP) is 5.01. The van der Waals surface area contributed by atoms with Crippen molar-refractivity contribution in [3.05, 3.63) is 60.2 Å². The standard InChI is InChI=1S/C17H22O/c1-5-14(3)8-7-9-16-10-12-17(13-11-16)18-15(4)6-2/h5,7-13,15H,1,6H2,2-4H3. The van der Waals surface area contributed by atoms with Gasteiger partial charge in [0, 0.05) is 0 Å². The molecule has 0 spiro atoms. The molecule has 0 heterocycles. The van der Waals surface area contributed by atoms with Crippen molar-refractivity contribution in [2.24, 2.45) is 0 Å². The van der Waals surface area contributed by atoms with Crippen LogP contribution in [0.2, 0.25) is 0 Å². The van der Waals surface area contributed by atoms with Crippen molar-refractivity contribution in [2.75, 3.05) is 0 Å². The Kier molecular flexibility index (Phi) is 5.99. The van der Waals surface area contributed by atoms with Crippen molar-refractivity contribution < 1.29 is 4.74 Å². The Balaban J connectivity index is 2.63. The summed E-state index contributed by atoms with van der Waals surface area (Å²) < 4.78 is 5.73. The topological polar surface area (TPSA) is 9.23 Å². The molecule has 1 nitrogen and oxygen atoms in total. The van der Waals surface area contributed by atoms with Gasteiger partial charge in [0.05, 0.1) is 6.10 Å². The summed E-state index contributed by atoms with van der Waals surface area (Å²) >= 11 is 0. The molecule has 18 heavy (non-hydrogen) atoms. The third kappa shape index (κ3) is 5.05. The summed E-state index contributed by atoms with van der Waals surface area (Å²) in [6.07, 6.45) is 9.27. The number of rotatable bonds is 6. The smallest absolute Gasteiger partial charge is 0.119 e. The van der Waals surface area contributed by atoms with E-state index in [-0.39, 0.29) is 6.10 Å². The van der Waals surface area contributed by atoms with Gasteiger partial charge in [0.2, 0.25) is 0 Å². The molecule has 0 radical (unpaired) electrons. The largest absolute Gasteiger partial charge is 0.491 e. The number of allylic oxidation sites excluding steroid dienone is 4. The second-order valence-corrected chi connectivity index (χ2v) is 4.38. The van der Waals surface area contributed by atoms with E-state index in [9.17, 15) is 0 Å². The molecule has 0 amide bonds. The summed E-state index contributed by atoms with van der Waals surface area (Å²) in [5.41, 5.74) is 2.32. The van der Waals surface area contributed by atoms with E-state index in [0.717, 1.165) is 17.7 Å². The summed E-state index contributed by atoms with van der Waals surface area (Å²) in [7, 11) is 0. The normalized spacial score (nSPS) is 13.6. The van der Waals surface area contributed by atoms with Crippen LogP contribution >= 0.6 is 0 Å². The monoisotopic (exact) mass is 242 g/mol. The van der Waals surface area contributed by atoms with Gasteiger partial charge in [-0.3, -0.25) is 0 Å². The SMILES string of the molecule is C=CC(C)=CC=Cc1ccc(OC(C)CC)cc1. The first-order valence-electron chi connectivity index (χ1n) is 6.39. The first kappa shape index (κ1) is 14.3. The molecule has 1 aromatic carbocycles. The van der Waals surface area contributed by atoms with Crippen molar-refractivity contribution >= 4 is 6.08 Å². The van der Waals surface area contributed by atoms with Crippen LogP contribution in [0.15, 0.2) is 54.6 Å². The predicted molar refractivity (Wildman–Crippen MR) is 79.8 cm³/mol. The Morgan fingerprint density at radius 2 is 2.00 bits per heavy atom. The van der Waals surface area contributed by atoms with Crippen molar-refractivity contribution in [1.82, 2.24) is 0 Å². The quantitative estimate of drug-likeness (QED) is 0.637. The minimum Gasteiger partial charge on any atom is -0.491 e. The fourth-order valence-electron chi connectivity index (χ4n) is 1.35.